The topological polar surface area (TPSA) is 126 Å². The van der Waals surface area contributed by atoms with Crippen molar-refractivity contribution in [2.45, 2.75) is 19.4 Å². The Hall–Kier alpha value is -3.18. The number of hydrogen-bond donors (Lipinski definition) is 4. The van der Waals surface area contributed by atoms with Gasteiger partial charge in [0.1, 0.15) is 5.82 Å². The van der Waals surface area contributed by atoms with Crippen molar-refractivity contribution >= 4 is 32.6 Å². The van der Waals surface area contributed by atoms with E-state index in [0.717, 1.165) is 36.1 Å². The predicted molar refractivity (Wildman–Crippen MR) is 136 cm³/mol. The number of aromatic amines is 1. The molecule has 2 aromatic heterocycles. The highest BCUT2D eigenvalue weighted by Gasteiger charge is 2.13. The van der Waals surface area contributed by atoms with E-state index in [9.17, 15) is 9.18 Å². The summed E-state index contributed by atoms with van der Waals surface area (Å²) in [7, 11) is 0. The standard InChI is InChI=1S/C24H28FN7OS/c25-19-13-16(7-8-17(19)15-32(11-3-9-26)12-4-10-27)18-14-28-23(30-22(18)33)31-24-29-20-5-1-2-6-21(20)34-24/h1-2,5-8,13-14H,3-4,9-12,15,26-27H2,(H2,28,29,30,31,33). The quantitative estimate of drug-likeness (QED) is 0.259. The minimum absolute atomic E-state index is 0.278. The third-order valence-electron chi connectivity index (χ3n) is 5.43. The number of benzene rings is 2. The van der Waals surface area contributed by atoms with Gasteiger partial charge in [0.25, 0.3) is 5.56 Å². The van der Waals surface area contributed by atoms with Gasteiger partial charge in [-0.1, -0.05) is 35.6 Å². The molecule has 0 unspecified atom stereocenters. The molecule has 0 atom stereocenters. The number of hydrogen-bond acceptors (Lipinski definition) is 8. The normalized spacial score (nSPS) is 11.4. The fraction of sp³-hybridized carbons (Fsp3) is 0.292. The summed E-state index contributed by atoms with van der Waals surface area (Å²) in [5.74, 6) is -0.0839. The van der Waals surface area contributed by atoms with Crippen LogP contribution >= 0.6 is 11.3 Å². The van der Waals surface area contributed by atoms with Crippen molar-refractivity contribution in [3.63, 3.8) is 0 Å². The van der Waals surface area contributed by atoms with Crippen LogP contribution in [0.5, 0.6) is 0 Å². The predicted octanol–water partition coefficient (Wildman–Crippen LogP) is 3.43. The SMILES string of the molecule is NCCCN(CCCN)Cc1ccc(-c2cnc(Nc3nc4ccccc4s3)[nH]c2=O)cc1F. The number of fused-ring (bicyclic) bond motifs is 1. The van der Waals surface area contributed by atoms with E-state index in [2.05, 4.69) is 25.2 Å². The summed E-state index contributed by atoms with van der Waals surface area (Å²) >= 11 is 1.46. The van der Waals surface area contributed by atoms with Crippen LogP contribution in [-0.4, -0.2) is 46.0 Å². The lowest BCUT2D eigenvalue weighted by molar-refractivity contribution is 0.258. The molecular weight excluding hydrogens is 453 g/mol. The monoisotopic (exact) mass is 481 g/mol. The van der Waals surface area contributed by atoms with E-state index in [-0.39, 0.29) is 17.3 Å². The maximum absolute atomic E-state index is 14.9. The summed E-state index contributed by atoms with van der Waals surface area (Å²) in [4.78, 5) is 26.3. The molecule has 2 aromatic carbocycles. The van der Waals surface area contributed by atoms with Crippen molar-refractivity contribution in [3.05, 3.63) is 70.4 Å². The zero-order valence-corrected chi connectivity index (χ0v) is 19.6. The lowest BCUT2D eigenvalue weighted by Gasteiger charge is -2.22. The Morgan fingerprint density at radius 3 is 2.53 bits per heavy atom. The van der Waals surface area contributed by atoms with Crippen LogP contribution in [0.1, 0.15) is 18.4 Å². The number of thiazole rings is 1. The molecule has 0 saturated heterocycles. The first kappa shape index (κ1) is 24.0. The molecule has 34 heavy (non-hydrogen) atoms. The highest BCUT2D eigenvalue weighted by atomic mass is 32.1. The molecule has 2 heterocycles. The number of nitrogens with two attached hydrogens (primary N) is 2. The summed E-state index contributed by atoms with van der Waals surface area (Å²) < 4.78 is 15.9. The van der Waals surface area contributed by atoms with Crippen molar-refractivity contribution < 1.29 is 4.39 Å². The van der Waals surface area contributed by atoms with Gasteiger partial charge in [-0.15, -0.1) is 0 Å². The van der Waals surface area contributed by atoms with Crippen molar-refractivity contribution in [2.75, 3.05) is 31.5 Å². The number of aromatic nitrogens is 3. The van der Waals surface area contributed by atoms with Crippen molar-refractivity contribution in [1.82, 2.24) is 19.9 Å². The largest absolute Gasteiger partial charge is 0.330 e. The van der Waals surface area contributed by atoms with Gasteiger partial charge in [0, 0.05) is 18.3 Å². The van der Waals surface area contributed by atoms with E-state index in [1.54, 1.807) is 12.1 Å². The van der Waals surface area contributed by atoms with Crippen molar-refractivity contribution in [3.8, 4) is 11.1 Å². The molecule has 0 amide bonds. The second kappa shape index (κ2) is 11.3. The average Bonchev–Trinajstić information content (AvgIpc) is 3.24. The zero-order chi connectivity index (χ0) is 23.9. The van der Waals surface area contributed by atoms with Crippen LogP contribution in [0.25, 0.3) is 21.3 Å². The second-order valence-electron chi connectivity index (χ2n) is 7.95. The summed E-state index contributed by atoms with van der Waals surface area (Å²) in [6.45, 7) is 3.20. The molecular formula is C24H28FN7OS. The summed E-state index contributed by atoms with van der Waals surface area (Å²) in [6, 6.07) is 12.6. The molecule has 4 aromatic rings. The van der Waals surface area contributed by atoms with Crippen molar-refractivity contribution in [1.29, 1.82) is 0 Å². The molecule has 4 rings (SSSR count). The Kier molecular flexibility index (Phi) is 7.96. The smallest absolute Gasteiger partial charge is 0.260 e. The summed E-state index contributed by atoms with van der Waals surface area (Å²) in [5.41, 5.74) is 13.1. The fourth-order valence-corrected chi connectivity index (χ4v) is 4.54. The van der Waals surface area contributed by atoms with Crippen LogP contribution in [-0.2, 0) is 6.54 Å². The molecule has 8 nitrogen and oxygen atoms in total. The molecule has 0 radical (unpaired) electrons. The first-order chi connectivity index (χ1) is 16.6. The van der Waals surface area contributed by atoms with Crippen LogP contribution < -0.4 is 22.3 Å². The van der Waals surface area contributed by atoms with Gasteiger partial charge in [-0.05, 0) is 62.8 Å². The highest BCUT2D eigenvalue weighted by Crippen LogP contribution is 2.27. The van der Waals surface area contributed by atoms with Gasteiger partial charge in [-0.3, -0.25) is 14.7 Å². The van der Waals surface area contributed by atoms with E-state index in [1.165, 1.54) is 23.6 Å². The highest BCUT2D eigenvalue weighted by molar-refractivity contribution is 7.22. The van der Waals surface area contributed by atoms with E-state index in [1.807, 2.05) is 24.3 Å². The lowest BCUT2D eigenvalue weighted by Crippen LogP contribution is -2.28. The van der Waals surface area contributed by atoms with Gasteiger partial charge in [-0.25, -0.2) is 14.4 Å². The molecule has 178 valence electrons. The maximum Gasteiger partial charge on any atom is 0.260 e. The molecule has 0 aliphatic rings. The van der Waals surface area contributed by atoms with Crippen LogP contribution in [0.3, 0.4) is 0 Å². The number of anilines is 2. The van der Waals surface area contributed by atoms with Gasteiger partial charge >= 0.3 is 0 Å². The Morgan fingerprint density at radius 1 is 1.09 bits per heavy atom. The van der Waals surface area contributed by atoms with Gasteiger partial charge in [0.05, 0.1) is 15.8 Å². The average molecular weight is 482 g/mol. The summed E-state index contributed by atoms with van der Waals surface area (Å²) in [6.07, 6.45) is 3.11. The maximum atomic E-state index is 14.9. The van der Waals surface area contributed by atoms with E-state index >= 15 is 0 Å². The minimum Gasteiger partial charge on any atom is -0.330 e. The van der Waals surface area contributed by atoms with Crippen LogP contribution in [0, 0.1) is 5.82 Å². The number of halogens is 1. The molecule has 0 bridgehead atoms. The number of nitrogens with zero attached hydrogens (tertiary/aromatic N) is 3. The lowest BCUT2D eigenvalue weighted by atomic mass is 10.1. The number of nitrogens with one attached hydrogen (secondary N) is 2. The Labute approximate surface area is 200 Å². The van der Waals surface area contributed by atoms with Gasteiger partial charge in [-0.2, -0.15) is 0 Å². The molecule has 0 aliphatic carbocycles. The van der Waals surface area contributed by atoms with Crippen molar-refractivity contribution in [2.24, 2.45) is 11.5 Å². The Balaban J connectivity index is 1.49. The third kappa shape index (κ3) is 5.84. The summed E-state index contributed by atoms with van der Waals surface area (Å²) in [5, 5.41) is 3.66. The van der Waals surface area contributed by atoms with E-state index in [4.69, 9.17) is 11.5 Å². The Bertz CT molecular complexity index is 1260. The van der Waals surface area contributed by atoms with E-state index < -0.39 is 0 Å². The Morgan fingerprint density at radius 2 is 1.85 bits per heavy atom. The zero-order valence-electron chi connectivity index (χ0n) is 18.8. The molecule has 6 N–H and O–H groups in total. The minimum atomic E-state index is -0.363. The second-order valence-corrected chi connectivity index (χ2v) is 8.98. The molecule has 10 heteroatoms. The molecule has 0 saturated carbocycles. The number of rotatable bonds is 11. The fourth-order valence-electron chi connectivity index (χ4n) is 3.67. The number of H-pyrrole nitrogens is 1. The molecule has 0 spiro atoms. The third-order valence-corrected chi connectivity index (χ3v) is 6.39. The first-order valence-corrected chi connectivity index (χ1v) is 12.0. The first-order valence-electron chi connectivity index (χ1n) is 11.2. The van der Waals surface area contributed by atoms with Crippen LogP contribution in [0.15, 0.2) is 53.5 Å². The van der Waals surface area contributed by atoms with Gasteiger partial charge < -0.3 is 16.8 Å². The van der Waals surface area contributed by atoms with Gasteiger partial charge in [0.15, 0.2) is 5.13 Å². The molecule has 0 fully saturated rings. The number of para-hydroxylation sites is 1. The van der Waals surface area contributed by atoms with E-state index in [0.29, 0.717) is 41.5 Å². The van der Waals surface area contributed by atoms with Gasteiger partial charge in [0.2, 0.25) is 5.95 Å². The van der Waals surface area contributed by atoms with Crippen LogP contribution in [0.2, 0.25) is 0 Å². The van der Waals surface area contributed by atoms with Crippen LogP contribution in [0.4, 0.5) is 15.5 Å². The molecule has 0 aliphatic heterocycles.